The third kappa shape index (κ3) is 65.0. The third-order valence-electron chi connectivity index (χ3n) is 14.6. The van der Waals surface area contributed by atoms with Crippen LogP contribution in [0.5, 0.6) is 0 Å². The van der Waals surface area contributed by atoms with E-state index in [1.807, 2.05) is 0 Å². The topological polar surface area (TPSA) is 69.6 Å². The number of aliphatic hydroxyl groups is 2. The van der Waals surface area contributed by atoms with E-state index in [1.165, 1.54) is 154 Å². The van der Waals surface area contributed by atoms with Crippen molar-refractivity contribution < 1.29 is 15.0 Å². The second-order valence-electron chi connectivity index (χ2n) is 22.2. The van der Waals surface area contributed by atoms with Gasteiger partial charge in [0, 0.05) is 6.42 Å². The monoisotopic (exact) mass is 1090 g/mol. The molecule has 0 spiro atoms. The fourth-order valence-electron chi connectivity index (χ4n) is 9.58. The van der Waals surface area contributed by atoms with Crippen LogP contribution in [0.2, 0.25) is 0 Å². The van der Waals surface area contributed by atoms with Crippen molar-refractivity contribution in [1.29, 1.82) is 0 Å². The van der Waals surface area contributed by atoms with E-state index < -0.39 is 12.1 Å². The molecule has 3 N–H and O–H groups in total. The predicted octanol–water partition coefficient (Wildman–Crippen LogP) is 23.1. The summed E-state index contributed by atoms with van der Waals surface area (Å²) >= 11 is 0. The van der Waals surface area contributed by atoms with Crippen molar-refractivity contribution in [3.63, 3.8) is 0 Å². The van der Waals surface area contributed by atoms with Gasteiger partial charge in [-0.05, 0) is 103 Å². The van der Waals surface area contributed by atoms with Gasteiger partial charge in [0.2, 0.25) is 5.91 Å². The molecule has 450 valence electrons. The maximum atomic E-state index is 12.5. The normalized spacial score (nSPS) is 13.7. The van der Waals surface area contributed by atoms with Crippen molar-refractivity contribution in [2.75, 3.05) is 6.61 Å². The maximum Gasteiger partial charge on any atom is 0.220 e. The van der Waals surface area contributed by atoms with Crippen LogP contribution in [-0.4, -0.2) is 34.9 Å². The highest BCUT2D eigenvalue weighted by Crippen LogP contribution is 2.17. The van der Waals surface area contributed by atoms with E-state index in [2.05, 4.69) is 165 Å². The zero-order valence-corrected chi connectivity index (χ0v) is 51.8. The molecule has 0 aliphatic heterocycles. The minimum Gasteiger partial charge on any atom is -0.394 e. The molecule has 0 saturated carbocycles. The Morgan fingerprint density at radius 2 is 0.557 bits per heavy atom. The Balaban J connectivity index is 3.62. The van der Waals surface area contributed by atoms with Crippen LogP contribution >= 0.6 is 0 Å². The van der Waals surface area contributed by atoms with E-state index in [4.69, 9.17) is 0 Å². The second-order valence-corrected chi connectivity index (χ2v) is 22.2. The van der Waals surface area contributed by atoms with Gasteiger partial charge >= 0.3 is 0 Å². The standard InChI is InChI=1S/C75H127NO3/c1-3-5-7-9-11-13-15-17-19-21-23-25-27-29-31-32-33-34-35-36-37-38-39-40-41-42-43-44-45-47-49-51-53-55-57-59-61-63-65-67-69-71-75(79)76-73(72-77)74(78)70-68-66-64-62-60-58-56-54-52-50-48-46-30-28-26-24-22-20-18-16-14-12-10-8-6-4-2/h5,7,11,13,17,19,23,25,29,31,33-34,36-37,39-40,42-43,45,47,51,53,57,59,73-74,77-78H,3-4,6,8-10,12,14-16,18,20-22,24,26-28,30,32,35,38,41,44,46,48-50,52,54-56,58,60-72H2,1-2H3,(H,76,79)/b7-5-,13-11-,19-17-,25-23-,31-29-,34-33-,37-36-,40-39-,43-42-,47-45-,53-51-,59-57-. The van der Waals surface area contributed by atoms with Gasteiger partial charge in [-0.2, -0.15) is 0 Å². The smallest absolute Gasteiger partial charge is 0.220 e. The molecule has 4 nitrogen and oxygen atoms in total. The average molecular weight is 1090 g/mol. The Hall–Kier alpha value is -3.73. The molecule has 2 atom stereocenters. The summed E-state index contributed by atoms with van der Waals surface area (Å²) in [5, 5.41) is 23.4. The lowest BCUT2D eigenvalue weighted by Gasteiger charge is -2.22. The van der Waals surface area contributed by atoms with Crippen LogP contribution in [0.4, 0.5) is 0 Å². The summed E-state index contributed by atoms with van der Waals surface area (Å²) in [5.41, 5.74) is 0. The predicted molar refractivity (Wildman–Crippen MR) is 354 cm³/mol. The largest absolute Gasteiger partial charge is 0.394 e. The summed E-state index contributed by atoms with van der Waals surface area (Å²) in [7, 11) is 0. The molecular weight excluding hydrogens is 963 g/mol. The summed E-state index contributed by atoms with van der Waals surface area (Å²) in [6.45, 7) is 4.25. The molecular formula is C75H127NO3. The molecule has 0 rings (SSSR count). The van der Waals surface area contributed by atoms with Crippen LogP contribution in [0.15, 0.2) is 146 Å². The number of nitrogens with one attached hydrogen (secondary N) is 1. The van der Waals surface area contributed by atoms with Gasteiger partial charge in [-0.1, -0.05) is 339 Å². The molecule has 0 aromatic rings. The Bertz CT molecular complexity index is 1620. The van der Waals surface area contributed by atoms with Crippen LogP contribution in [-0.2, 0) is 4.79 Å². The fourth-order valence-corrected chi connectivity index (χ4v) is 9.58. The number of amides is 1. The molecule has 0 aliphatic carbocycles. The van der Waals surface area contributed by atoms with Crippen molar-refractivity contribution in [1.82, 2.24) is 5.32 Å². The molecule has 0 fully saturated rings. The van der Waals surface area contributed by atoms with E-state index in [0.717, 1.165) is 122 Å². The molecule has 0 bridgehead atoms. The molecule has 1 amide bonds. The highest BCUT2D eigenvalue weighted by atomic mass is 16.3. The highest BCUT2D eigenvalue weighted by molar-refractivity contribution is 5.76. The molecule has 0 aromatic carbocycles. The lowest BCUT2D eigenvalue weighted by molar-refractivity contribution is -0.123. The number of allylic oxidation sites excluding steroid dienone is 24. The van der Waals surface area contributed by atoms with Crippen molar-refractivity contribution in [2.45, 2.75) is 315 Å². The molecule has 4 heteroatoms. The van der Waals surface area contributed by atoms with E-state index in [0.29, 0.717) is 12.8 Å². The van der Waals surface area contributed by atoms with E-state index in [1.54, 1.807) is 0 Å². The van der Waals surface area contributed by atoms with Crippen LogP contribution in [0.3, 0.4) is 0 Å². The first-order chi connectivity index (χ1) is 39.2. The number of rotatable bonds is 60. The summed E-state index contributed by atoms with van der Waals surface area (Å²) in [6, 6.07) is -0.563. The summed E-state index contributed by atoms with van der Waals surface area (Å²) < 4.78 is 0. The number of aliphatic hydroxyl groups excluding tert-OH is 2. The van der Waals surface area contributed by atoms with Crippen LogP contribution in [0.1, 0.15) is 303 Å². The first-order valence-electron chi connectivity index (χ1n) is 33.5. The van der Waals surface area contributed by atoms with Crippen molar-refractivity contribution in [3.05, 3.63) is 146 Å². The first kappa shape index (κ1) is 75.3. The highest BCUT2D eigenvalue weighted by Gasteiger charge is 2.20. The number of carbonyl (C=O) groups is 1. The second kappa shape index (κ2) is 68.5. The van der Waals surface area contributed by atoms with E-state index in [-0.39, 0.29) is 12.5 Å². The van der Waals surface area contributed by atoms with E-state index >= 15 is 0 Å². The molecule has 0 aliphatic rings. The molecule has 79 heavy (non-hydrogen) atoms. The van der Waals surface area contributed by atoms with Gasteiger partial charge in [-0.3, -0.25) is 4.79 Å². The van der Waals surface area contributed by atoms with Gasteiger partial charge in [0.15, 0.2) is 0 Å². The maximum absolute atomic E-state index is 12.5. The lowest BCUT2D eigenvalue weighted by Crippen LogP contribution is -2.45. The minimum atomic E-state index is -0.683. The Kier molecular flexibility index (Phi) is 65.3. The Morgan fingerprint density at radius 3 is 0.835 bits per heavy atom. The van der Waals surface area contributed by atoms with E-state index in [9.17, 15) is 15.0 Å². The summed E-state index contributed by atoms with van der Waals surface area (Å²) in [5.74, 6) is -0.0580. The SMILES string of the molecule is CC/C=C\C/C=C\C/C=C\C/C=C\C/C=C\C/C=C\C/C=C\C/C=C\C/C=C\C/C=C\C/C=C\C/C=C\CCCCCCC(=O)NC(CO)C(O)CCCCCCCCCCCCCCCCCCCCCCCCCCCC. The van der Waals surface area contributed by atoms with Crippen LogP contribution in [0.25, 0.3) is 0 Å². The van der Waals surface area contributed by atoms with Gasteiger partial charge in [0.05, 0.1) is 18.8 Å². The van der Waals surface area contributed by atoms with Gasteiger partial charge in [0.1, 0.15) is 0 Å². The van der Waals surface area contributed by atoms with Crippen molar-refractivity contribution in [2.24, 2.45) is 0 Å². The zero-order chi connectivity index (χ0) is 56.9. The Labute approximate surface area is 491 Å². The first-order valence-corrected chi connectivity index (χ1v) is 33.5. The molecule has 0 radical (unpaired) electrons. The average Bonchev–Trinajstić information content (AvgIpc) is 3.45. The van der Waals surface area contributed by atoms with Gasteiger partial charge in [-0.15, -0.1) is 0 Å². The number of hydrogen-bond acceptors (Lipinski definition) is 3. The minimum absolute atomic E-state index is 0.0580. The van der Waals surface area contributed by atoms with Crippen LogP contribution in [0, 0.1) is 0 Å². The number of unbranched alkanes of at least 4 members (excludes halogenated alkanes) is 29. The van der Waals surface area contributed by atoms with Crippen LogP contribution < -0.4 is 5.32 Å². The lowest BCUT2D eigenvalue weighted by atomic mass is 10.0. The number of carbonyl (C=O) groups excluding carboxylic acids is 1. The van der Waals surface area contributed by atoms with Gasteiger partial charge in [0.25, 0.3) is 0 Å². The van der Waals surface area contributed by atoms with Crippen molar-refractivity contribution in [3.8, 4) is 0 Å². The van der Waals surface area contributed by atoms with Crippen molar-refractivity contribution >= 4 is 5.91 Å². The Morgan fingerprint density at radius 1 is 0.316 bits per heavy atom. The third-order valence-corrected chi connectivity index (χ3v) is 14.6. The number of hydrogen-bond donors (Lipinski definition) is 3. The molecule has 0 heterocycles. The molecule has 0 aromatic heterocycles. The quantitative estimate of drug-likeness (QED) is 0.0420. The summed E-state index contributed by atoms with van der Waals surface area (Å²) in [6.07, 6.45) is 107. The van der Waals surface area contributed by atoms with Gasteiger partial charge in [-0.25, -0.2) is 0 Å². The zero-order valence-electron chi connectivity index (χ0n) is 51.8. The molecule has 0 saturated heterocycles. The molecule has 2 unspecified atom stereocenters. The van der Waals surface area contributed by atoms with Gasteiger partial charge < -0.3 is 15.5 Å². The summed E-state index contributed by atoms with van der Waals surface area (Å²) in [4.78, 5) is 12.5. The fraction of sp³-hybridized carbons (Fsp3) is 0.667.